The number of imidazole rings is 1. The summed E-state index contributed by atoms with van der Waals surface area (Å²) in [5, 5.41) is 13.8. The van der Waals surface area contributed by atoms with Crippen molar-refractivity contribution in [1.82, 2.24) is 15.3 Å². The number of nitrogens with one attached hydrogen (secondary N) is 3. The molecule has 8 nitrogen and oxygen atoms in total. The van der Waals surface area contributed by atoms with E-state index in [0.717, 1.165) is 25.7 Å². The zero-order chi connectivity index (χ0) is 21.8. The van der Waals surface area contributed by atoms with Crippen LogP contribution in [-0.4, -0.2) is 46.3 Å². The number of H-pyrrole nitrogens is 2. The van der Waals surface area contributed by atoms with Crippen molar-refractivity contribution in [2.24, 2.45) is 5.73 Å². The zero-order valence-corrected chi connectivity index (χ0v) is 17.3. The van der Waals surface area contributed by atoms with Crippen LogP contribution in [0, 0.1) is 0 Å². The topological polar surface area (TPSA) is 133 Å². The Labute approximate surface area is 179 Å². The average Bonchev–Trinajstić information content (AvgIpc) is 3.17. The van der Waals surface area contributed by atoms with Crippen molar-refractivity contribution in [1.29, 1.82) is 0 Å². The third-order valence-corrected chi connectivity index (χ3v) is 5.93. The van der Waals surface area contributed by atoms with Gasteiger partial charge in [-0.15, -0.1) is 0 Å². The highest BCUT2D eigenvalue weighted by molar-refractivity contribution is 5.92. The lowest BCUT2D eigenvalue weighted by Crippen LogP contribution is -2.40. The van der Waals surface area contributed by atoms with Gasteiger partial charge in [-0.05, 0) is 55.0 Å². The molecule has 0 bridgehead atoms. The molecule has 31 heavy (non-hydrogen) atoms. The smallest absolute Gasteiger partial charge is 0.323 e. The number of amides is 1. The number of fused-ring (bicyclic) bond motifs is 1. The fourth-order valence-electron chi connectivity index (χ4n) is 4.30. The van der Waals surface area contributed by atoms with Crippen molar-refractivity contribution in [3.63, 3.8) is 0 Å². The number of rotatable bonds is 8. The highest BCUT2D eigenvalue weighted by atomic mass is 16.5. The molecule has 1 aliphatic carbocycles. The summed E-state index contributed by atoms with van der Waals surface area (Å²) in [7, 11) is 0. The van der Waals surface area contributed by atoms with Crippen molar-refractivity contribution in [3.8, 4) is 5.75 Å². The summed E-state index contributed by atoms with van der Waals surface area (Å²) < 4.78 is 5.74. The molecule has 3 unspecified atom stereocenters. The number of hydrogen-bond acceptors (Lipinski definition) is 5. The average molecular weight is 425 g/mol. The second-order valence-corrected chi connectivity index (χ2v) is 8.18. The Morgan fingerprint density at radius 1 is 1.19 bits per heavy atom. The van der Waals surface area contributed by atoms with Gasteiger partial charge in [-0.2, -0.15) is 0 Å². The van der Waals surface area contributed by atoms with E-state index >= 15 is 0 Å². The van der Waals surface area contributed by atoms with E-state index in [-0.39, 0.29) is 12.3 Å². The van der Waals surface area contributed by atoms with Crippen LogP contribution in [0.2, 0.25) is 0 Å². The Morgan fingerprint density at radius 3 is 2.77 bits per heavy atom. The van der Waals surface area contributed by atoms with E-state index in [4.69, 9.17) is 10.5 Å². The number of aliphatic hydroxyl groups excluding tert-OH is 1. The molecule has 3 aromatic rings. The molecule has 3 atom stereocenters. The maximum absolute atomic E-state index is 11.5. The first-order valence-electron chi connectivity index (χ1n) is 10.6. The molecule has 1 heterocycles. The molecular weight excluding hydrogens is 396 g/mol. The highest BCUT2D eigenvalue weighted by Crippen LogP contribution is 2.33. The van der Waals surface area contributed by atoms with Gasteiger partial charge in [-0.3, -0.25) is 4.79 Å². The lowest BCUT2D eigenvalue weighted by molar-refractivity contribution is 0.1000. The van der Waals surface area contributed by atoms with Crippen molar-refractivity contribution in [2.75, 3.05) is 13.2 Å². The molecule has 164 valence electrons. The fraction of sp³-hybridized carbons (Fsp3) is 0.391. The van der Waals surface area contributed by atoms with Gasteiger partial charge in [0.1, 0.15) is 24.0 Å². The maximum Gasteiger partial charge on any atom is 0.323 e. The minimum atomic E-state index is -0.670. The van der Waals surface area contributed by atoms with E-state index in [0.29, 0.717) is 40.9 Å². The number of primary amides is 1. The predicted octanol–water partition coefficient (Wildman–Crippen LogP) is 2.01. The van der Waals surface area contributed by atoms with Crippen LogP contribution in [0.5, 0.6) is 5.75 Å². The van der Waals surface area contributed by atoms with Crippen LogP contribution in [0.3, 0.4) is 0 Å². The summed E-state index contributed by atoms with van der Waals surface area (Å²) in [5.41, 5.74) is 8.05. The minimum absolute atomic E-state index is 0.129. The van der Waals surface area contributed by atoms with Gasteiger partial charge in [-0.1, -0.05) is 24.6 Å². The number of carbonyl (C=O) groups excluding carboxylic acids is 1. The van der Waals surface area contributed by atoms with Gasteiger partial charge >= 0.3 is 5.69 Å². The minimum Gasteiger partial charge on any atom is -0.489 e. The molecule has 1 aliphatic rings. The summed E-state index contributed by atoms with van der Waals surface area (Å²) in [5.74, 6) is 0.543. The Kier molecular flexibility index (Phi) is 6.39. The predicted molar refractivity (Wildman–Crippen MR) is 118 cm³/mol. The Hall–Kier alpha value is -3.10. The molecule has 1 amide bonds. The molecule has 1 fully saturated rings. The van der Waals surface area contributed by atoms with Gasteiger partial charge in [0.2, 0.25) is 5.91 Å². The van der Waals surface area contributed by atoms with Gasteiger partial charge in [0.25, 0.3) is 0 Å². The molecule has 8 heteroatoms. The van der Waals surface area contributed by atoms with Crippen molar-refractivity contribution in [2.45, 2.75) is 43.7 Å². The number of para-hydroxylation sites is 1. The lowest BCUT2D eigenvalue weighted by Gasteiger charge is -2.31. The number of aromatic nitrogens is 2. The van der Waals surface area contributed by atoms with Gasteiger partial charge < -0.3 is 30.9 Å². The Balaban J connectivity index is 1.27. The molecule has 1 saturated carbocycles. The van der Waals surface area contributed by atoms with Crippen molar-refractivity contribution >= 4 is 16.9 Å². The first-order valence-corrected chi connectivity index (χ1v) is 10.6. The zero-order valence-electron chi connectivity index (χ0n) is 17.3. The van der Waals surface area contributed by atoms with Gasteiger partial charge in [0, 0.05) is 18.2 Å². The molecule has 4 rings (SSSR count). The van der Waals surface area contributed by atoms with E-state index in [1.54, 1.807) is 30.3 Å². The third-order valence-electron chi connectivity index (χ3n) is 5.93. The first kappa shape index (κ1) is 21.1. The quantitative estimate of drug-likeness (QED) is 0.377. The van der Waals surface area contributed by atoms with E-state index in [2.05, 4.69) is 15.3 Å². The SMILES string of the molecule is NC(=O)c1ccc(C2CCCC(NCC(O)COc3cccc4[nH]c(=O)[nH]c34)C2)cc1. The molecule has 6 N–H and O–H groups in total. The van der Waals surface area contributed by atoms with Gasteiger partial charge in [0.05, 0.1) is 5.52 Å². The summed E-state index contributed by atoms with van der Waals surface area (Å²) in [6.07, 6.45) is 3.59. The number of benzene rings is 2. The number of nitrogens with two attached hydrogens (primary N) is 1. The van der Waals surface area contributed by atoms with Crippen LogP contribution in [0.25, 0.3) is 11.0 Å². The van der Waals surface area contributed by atoms with Crippen molar-refractivity contribution < 1.29 is 14.6 Å². The van der Waals surface area contributed by atoms with Crippen LogP contribution in [0.1, 0.15) is 47.5 Å². The number of carbonyl (C=O) groups is 1. The second-order valence-electron chi connectivity index (χ2n) is 8.18. The lowest BCUT2D eigenvalue weighted by atomic mass is 9.81. The van der Waals surface area contributed by atoms with Gasteiger partial charge in [0.15, 0.2) is 0 Å². The fourth-order valence-corrected chi connectivity index (χ4v) is 4.30. The third kappa shape index (κ3) is 5.15. The summed E-state index contributed by atoms with van der Waals surface area (Å²) in [6, 6.07) is 13.2. The number of hydrogen-bond donors (Lipinski definition) is 5. The molecule has 0 saturated heterocycles. The van der Waals surface area contributed by atoms with Crippen LogP contribution >= 0.6 is 0 Å². The van der Waals surface area contributed by atoms with Crippen LogP contribution in [-0.2, 0) is 0 Å². The summed E-state index contributed by atoms with van der Waals surface area (Å²) in [4.78, 5) is 28.1. The molecule has 0 radical (unpaired) electrons. The van der Waals surface area contributed by atoms with E-state index in [1.165, 1.54) is 5.56 Å². The van der Waals surface area contributed by atoms with Crippen LogP contribution in [0.15, 0.2) is 47.3 Å². The van der Waals surface area contributed by atoms with Gasteiger partial charge in [-0.25, -0.2) is 4.79 Å². The molecule has 2 aromatic carbocycles. The normalized spacial score (nSPS) is 19.9. The Morgan fingerprint density at radius 2 is 2.00 bits per heavy atom. The highest BCUT2D eigenvalue weighted by Gasteiger charge is 2.23. The number of aliphatic hydroxyl groups is 1. The number of aromatic amines is 2. The molecule has 1 aromatic heterocycles. The van der Waals surface area contributed by atoms with E-state index in [1.807, 2.05) is 12.1 Å². The maximum atomic E-state index is 11.5. The monoisotopic (exact) mass is 424 g/mol. The first-order chi connectivity index (χ1) is 15.0. The molecular formula is C23H28N4O4. The molecule has 0 aliphatic heterocycles. The molecule has 0 spiro atoms. The largest absolute Gasteiger partial charge is 0.489 e. The van der Waals surface area contributed by atoms with E-state index < -0.39 is 12.0 Å². The standard InChI is InChI=1S/C23H28N4O4/c24-22(29)15-9-7-14(8-10-15)16-3-1-4-17(11-16)25-12-18(28)13-31-20-6-2-5-19-21(20)27-23(30)26-19/h2,5-10,16-18,25,28H,1,3-4,11-13H2,(H2,24,29)(H2,26,27,30). The Bertz CT molecular complexity index is 1090. The number of ether oxygens (including phenoxy) is 1. The van der Waals surface area contributed by atoms with E-state index in [9.17, 15) is 14.7 Å². The van der Waals surface area contributed by atoms with Crippen molar-refractivity contribution in [3.05, 3.63) is 64.1 Å². The van der Waals surface area contributed by atoms with Crippen LogP contribution in [0.4, 0.5) is 0 Å². The second kappa shape index (κ2) is 9.36. The summed E-state index contributed by atoms with van der Waals surface area (Å²) in [6.45, 7) is 0.557. The summed E-state index contributed by atoms with van der Waals surface area (Å²) >= 11 is 0. The van der Waals surface area contributed by atoms with Crippen LogP contribution < -0.4 is 21.5 Å².